The molecule has 3 heterocycles. The number of fused-ring (bicyclic) bond motifs is 2. The molecule has 6 heteroatoms. The van der Waals surface area contributed by atoms with Crippen LogP contribution in [0.2, 0.25) is 0 Å². The van der Waals surface area contributed by atoms with Crippen LogP contribution in [0.4, 0.5) is 0 Å². The molecule has 1 amide bonds. The number of carbonyl (C=O) groups excluding carboxylic acids is 1. The Kier molecular flexibility index (Phi) is 5.34. The van der Waals surface area contributed by atoms with Crippen LogP contribution in [0.1, 0.15) is 27.7 Å². The van der Waals surface area contributed by atoms with Gasteiger partial charge >= 0.3 is 0 Å². The number of benzene rings is 2. The van der Waals surface area contributed by atoms with Gasteiger partial charge in [0.15, 0.2) is 5.58 Å². The average Bonchev–Trinajstić information content (AvgIpc) is 3.41. The minimum absolute atomic E-state index is 0.0387. The molecule has 5 rings (SSSR count). The van der Waals surface area contributed by atoms with Crippen molar-refractivity contribution in [3.8, 4) is 0 Å². The summed E-state index contributed by atoms with van der Waals surface area (Å²) in [5.74, 6) is -0.0387. The Balaban J connectivity index is 1.30. The van der Waals surface area contributed by atoms with E-state index in [9.17, 15) is 4.79 Å². The molecule has 0 unspecified atom stereocenters. The molecular formula is C24H23N3O2S. The van der Waals surface area contributed by atoms with Gasteiger partial charge in [0, 0.05) is 29.9 Å². The minimum Gasteiger partial charge on any atom is -0.356 e. The van der Waals surface area contributed by atoms with Crippen LogP contribution >= 0.6 is 11.3 Å². The summed E-state index contributed by atoms with van der Waals surface area (Å²) in [6, 6.07) is 20.4. The van der Waals surface area contributed by atoms with E-state index in [4.69, 9.17) is 4.52 Å². The zero-order valence-corrected chi connectivity index (χ0v) is 17.4. The number of nitrogens with one attached hydrogen (secondary N) is 1. The van der Waals surface area contributed by atoms with Crippen molar-refractivity contribution >= 4 is 28.2 Å². The minimum atomic E-state index is -0.0387. The van der Waals surface area contributed by atoms with Gasteiger partial charge in [-0.3, -0.25) is 9.69 Å². The molecule has 0 fully saturated rings. The van der Waals surface area contributed by atoms with Crippen molar-refractivity contribution in [1.29, 1.82) is 0 Å². The van der Waals surface area contributed by atoms with Crippen LogP contribution in [0.5, 0.6) is 0 Å². The van der Waals surface area contributed by atoms with Crippen molar-refractivity contribution in [2.75, 3.05) is 13.1 Å². The van der Waals surface area contributed by atoms with Gasteiger partial charge in [0.1, 0.15) is 5.69 Å². The van der Waals surface area contributed by atoms with Crippen molar-refractivity contribution in [2.45, 2.75) is 25.4 Å². The molecule has 0 bridgehead atoms. The number of carbonyl (C=O) groups is 1. The lowest BCUT2D eigenvalue weighted by molar-refractivity contribution is -0.120. The summed E-state index contributed by atoms with van der Waals surface area (Å²) in [7, 11) is 0. The molecule has 1 atom stereocenters. The first-order valence-corrected chi connectivity index (χ1v) is 11.1. The summed E-state index contributed by atoms with van der Waals surface area (Å²) in [5.41, 5.74) is 4.03. The number of hydrogen-bond donors (Lipinski definition) is 1. The quantitative estimate of drug-likeness (QED) is 0.507. The molecule has 1 N–H and O–H groups in total. The summed E-state index contributed by atoms with van der Waals surface area (Å²) in [6.07, 6.45) is 1.28. The van der Waals surface area contributed by atoms with Gasteiger partial charge in [0.2, 0.25) is 5.91 Å². The van der Waals surface area contributed by atoms with Gasteiger partial charge < -0.3 is 9.84 Å². The van der Waals surface area contributed by atoms with Gasteiger partial charge in [-0.1, -0.05) is 47.6 Å². The van der Waals surface area contributed by atoms with E-state index in [0.29, 0.717) is 17.8 Å². The topological polar surface area (TPSA) is 58.4 Å². The molecular weight excluding hydrogens is 394 g/mol. The number of amides is 1. The average molecular weight is 418 g/mol. The Hall–Kier alpha value is -2.96. The molecule has 152 valence electrons. The van der Waals surface area contributed by atoms with Gasteiger partial charge in [0.25, 0.3) is 0 Å². The van der Waals surface area contributed by atoms with E-state index in [-0.39, 0.29) is 18.4 Å². The zero-order valence-electron chi connectivity index (χ0n) is 16.6. The van der Waals surface area contributed by atoms with Crippen molar-refractivity contribution in [3.63, 3.8) is 0 Å². The van der Waals surface area contributed by atoms with E-state index in [1.807, 2.05) is 41.7 Å². The molecule has 0 saturated carbocycles. The molecule has 0 saturated heterocycles. The standard InChI is InChI=1S/C24H23N3O2S/c28-24(14-20-19-8-4-5-9-22(19)29-26-20)25-15-21(17-6-2-1-3-7-17)27-12-10-23-18(16-27)11-13-30-23/h1-9,11,13,21H,10,12,14-16H2,(H,25,28)/t21-/m0/s1. The highest BCUT2D eigenvalue weighted by atomic mass is 32.1. The van der Waals surface area contributed by atoms with Gasteiger partial charge in [-0.05, 0) is 41.1 Å². The van der Waals surface area contributed by atoms with Crippen LogP contribution in [0.3, 0.4) is 0 Å². The van der Waals surface area contributed by atoms with Gasteiger partial charge in [-0.15, -0.1) is 11.3 Å². The van der Waals surface area contributed by atoms with Crippen LogP contribution < -0.4 is 5.32 Å². The fourth-order valence-electron chi connectivity index (χ4n) is 4.16. The van der Waals surface area contributed by atoms with E-state index in [0.717, 1.165) is 24.9 Å². The maximum atomic E-state index is 12.7. The lowest BCUT2D eigenvalue weighted by Gasteiger charge is -2.35. The predicted molar refractivity (Wildman–Crippen MR) is 118 cm³/mol. The Bertz CT molecular complexity index is 1150. The lowest BCUT2D eigenvalue weighted by atomic mass is 10.0. The molecule has 0 spiro atoms. The van der Waals surface area contributed by atoms with Crippen LogP contribution in [0.25, 0.3) is 11.0 Å². The second-order valence-electron chi connectivity index (χ2n) is 7.62. The van der Waals surface area contributed by atoms with Crippen LogP contribution in [-0.4, -0.2) is 29.1 Å². The number of nitrogens with zero attached hydrogens (tertiary/aromatic N) is 2. The van der Waals surface area contributed by atoms with E-state index in [1.165, 1.54) is 16.0 Å². The van der Waals surface area contributed by atoms with Crippen molar-refractivity contribution < 1.29 is 9.32 Å². The Morgan fingerprint density at radius 1 is 1.13 bits per heavy atom. The number of para-hydroxylation sites is 1. The first kappa shape index (κ1) is 19.0. The molecule has 4 aromatic rings. The number of aromatic nitrogens is 1. The van der Waals surface area contributed by atoms with Crippen molar-refractivity contribution in [1.82, 2.24) is 15.4 Å². The van der Waals surface area contributed by atoms with E-state index < -0.39 is 0 Å². The summed E-state index contributed by atoms with van der Waals surface area (Å²) in [4.78, 5) is 16.7. The van der Waals surface area contributed by atoms with Crippen LogP contribution in [0.15, 0.2) is 70.6 Å². The SMILES string of the molecule is O=C(Cc1noc2ccccc12)NC[C@@H](c1ccccc1)N1CCc2sccc2C1. The molecule has 30 heavy (non-hydrogen) atoms. The summed E-state index contributed by atoms with van der Waals surface area (Å²) < 4.78 is 5.33. The van der Waals surface area contributed by atoms with Gasteiger partial charge in [-0.25, -0.2) is 0 Å². The van der Waals surface area contributed by atoms with E-state index in [2.05, 4.69) is 51.1 Å². The highest BCUT2D eigenvalue weighted by Gasteiger charge is 2.26. The molecule has 1 aliphatic heterocycles. The molecule has 1 aliphatic rings. The smallest absolute Gasteiger partial charge is 0.226 e. The monoisotopic (exact) mass is 417 g/mol. The fraction of sp³-hybridized carbons (Fsp3) is 0.250. The normalized spacial score (nSPS) is 15.1. The third-order valence-corrected chi connectivity index (χ3v) is 6.76. The van der Waals surface area contributed by atoms with Crippen molar-refractivity contribution in [2.24, 2.45) is 0 Å². The highest BCUT2D eigenvalue weighted by Crippen LogP contribution is 2.30. The Morgan fingerprint density at radius 3 is 2.87 bits per heavy atom. The number of rotatable bonds is 6. The second kappa shape index (κ2) is 8.42. The number of thiophene rings is 1. The molecule has 5 nitrogen and oxygen atoms in total. The largest absolute Gasteiger partial charge is 0.356 e. The summed E-state index contributed by atoms with van der Waals surface area (Å²) in [5, 5.41) is 10.3. The first-order valence-electron chi connectivity index (χ1n) is 10.2. The highest BCUT2D eigenvalue weighted by molar-refractivity contribution is 7.10. The van der Waals surface area contributed by atoms with Crippen LogP contribution in [0, 0.1) is 0 Å². The third kappa shape index (κ3) is 3.88. The molecule has 0 radical (unpaired) electrons. The maximum Gasteiger partial charge on any atom is 0.226 e. The number of hydrogen-bond acceptors (Lipinski definition) is 5. The van der Waals surface area contributed by atoms with Gasteiger partial charge in [-0.2, -0.15) is 0 Å². The first-order chi connectivity index (χ1) is 14.8. The lowest BCUT2D eigenvalue weighted by Crippen LogP contribution is -2.40. The second-order valence-corrected chi connectivity index (χ2v) is 8.62. The van der Waals surface area contributed by atoms with E-state index in [1.54, 1.807) is 0 Å². The third-order valence-electron chi connectivity index (χ3n) is 5.74. The van der Waals surface area contributed by atoms with Crippen LogP contribution in [-0.2, 0) is 24.2 Å². The molecule has 2 aromatic carbocycles. The Labute approximate surface area is 179 Å². The maximum absolute atomic E-state index is 12.7. The summed E-state index contributed by atoms with van der Waals surface area (Å²) in [6.45, 7) is 2.48. The van der Waals surface area contributed by atoms with E-state index >= 15 is 0 Å². The fourth-order valence-corrected chi connectivity index (χ4v) is 5.05. The predicted octanol–water partition coefficient (Wildman–Crippen LogP) is 4.35. The summed E-state index contributed by atoms with van der Waals surface area (Å²) >= 11 is 1.84. The van der Waals surface area contributed by atoms with Crippen molar-refractivity contribution in [3.05, 3.63) is 87.7 Å². The van der Waals surface area contributed by atoms with Gasteiger partial charge in [0.05, 0.1) is 12.5 Å². The Morgan fingerprint density at radius 2 is 1.97 bits per heavy atom. The molecule has 0 aliphatic carbocycles. The zero-order chi connectivity index (χ0) is 20.3. The molecule has 2 aromatic heterocycles.